The topological polar surface area (TPSA) is 37.4 Å². The summed E-state index contributed by atoms with van der Waals surface area (Å²) in [7, 11) is 0. The van der Waals surface area contributed by atoms with Crippen molar-refractivity contribution in [2.75, 3.05) is 4.90 Å². The van der Waals surface area contributed by atoms with Gasteiger partial charge < -0.3 is 0 Å². The van der Waals surface area contributed by atoms with Gasteiger partial charge in [-0.1, -0.05) is 48.5 Å². The van der Waals surface area contributed by atoms with Gasteiger partial charge in [-0.2, -0.15) is 0 Å². The number of thioether (sulfide) groups is 1. The minimum absolute atomic E-state index is 0.206. The third-order valence-corrected chi connectivity index (χ3v) is 6.36. The van der Waals surface area contributed by atoms with Gasteiger partial charge in [0.25, 0.3) is 11.8 Å². The van der Waals surface area contributed by atoms with Crippen LogP contribution in [0.1, 0.15) is 22.3 Å². The smallest absolute Gasteiger partial charge is 0.268 e. The Hall–Kier alpha value is -3.25. The molecule has 0 atom stereocenters. The van der Waals surface area contributed by atoms with Crippen molar-refractivity contribution in [3.63, 3.8) is 0 Å². The van der Waals surface area contributed by atoms with E-state index in [4.69, 9.17) is 0 Å². The third-order valence-electron chi connectivity index (χ3n) is 5.21. The SMILES string of the molecule is Cc1ccc(C2=C(SCc3ccccc3)C(=O)N(c3cc(F)ccc3F)C2=O)cc1C. The molecule has 0 radical (unpaired) electrons. The van der Waals surface area contributed by atoms with Crippen LogP contribution in [0, 0.1) is 25.5 Å². The van der Waals surface area contributed by atoms with Crippen molar-refractivity contribution in [3.8, 4) is 0 Å². The number of nitrogens with zero attached hydrogens (tertiary/aromatic N) is 1. The third kappa shape index (κ3) is 4.03. The summed E-state index contributed by atoms with van der Waals surface area (Å²) in [6.07, 6.45) is 0. The zero-order valence-corrected chi connectivity index (χ0v) is 17.8. The molecular weight excluding hydrogens is 416 g/mol. The number of halogens is 2. The maximum atomic E-state index is 14.5. The summed E-state index contributed by atoms with van der Waals surface area (Å²) < 4.78 is 28.3. The van der Waals surface area contributed by atoms with Gasteiger partial charge in [-0.25, -0.2) is 13.7 Å². The monoisotopic (exact) mass is 435 g/mol. The number of anilines is 1. The van der Waals surface area contributed by atoms with Crippen molar-refractivity contribution < 1.29 is 18.4 Å². The molecule has 0 bridgehead atoms. The molecule has 3 nitrogen and oxygen atoms in total. The van der Waals surface area contributed by atoms with Crippen molar-refractivity contribution in [2.45, 2.75) is 19.6 Å². The van der Waals surface area contributed by atoms with Gasteiger partial charge in [0.15, 0.2) is 0 Å². The number of imide groups is 1. The van der Waals surface area contributed by atoms with Crippen LogP contribution in [0.5, 0.6) is 0 Å². The zero-order chi connectivity index (χ0) is 22.1. The number of carbonyl (C=O) groups excluding carboxylic acids is 2. The Labute approximate surface area is 183 Å². The summed E-state index contributed by atoms with van der Waals surface area (Å²) in [6, 6.07) is 17.8. The number of carbonyl (C=O) groups is 2. The van der Waals surface area contributed by atoms with Crippen LogP contribution in [0.25, 0.3) is 5.57 Å². The molecule has 1 heterocycles. The van der Waals surface area contributed by atoms with E-state index in [1.807, 2.05) is 56.3 Å². The first-order valence-electron chi connectivity index (χ1n) is 9.69. The Morgan fingerprint density at radius 3 is 2.29 bits per heavy atom. The molecule has 0 saturated heterocycles. The molecule has 0 unspecified atom stereocenters. The molecule has 0 aliphatic carbocycles. The van der Waals surface area contributed by atoms with E-state index in [0.717, 1.165) is 39.8 Å². The fourth-order valence-corrected chi connectivity index (χ4v) is 4.47. The second kappa shape index (κ2) is 8.47. The van der Waals surface area contributed by atoms with Crippen molar-refractivity contribution in [3.05, 3.63) is 106 Å². The van der Waals surface area contributed by atoms with Gasteiger partial charge in [0.2, 0.25) is 0 Å². The maximum Gasteiger partial charge on any atom is 0.272 e. The van der Waals surface area contributed by atoms with E-state index in [0.29, 0.717) is 11.3 Å². The molecule has 0 aromatic heterocycles. The molecule has 31 heavy (non-hydrogen) atoms. The molecule has 6 heteroatoms. The summed E-state index contributed by atoms with van der Waals surface area (Å²) in [6.45, 7) is 3.87. The van der Waals surface area contributed by atoms with E-state index in [2.05, 4.69) is 0 Å². The molecule has 156 valence electrons. The number of hydrogen-bond acceptors (Lipinski definition) is 3. The molecule has 2 amide bonds. The zero-order valence-electron chi connectivity index (χ0n) is 17.0. The minimum atomic E-state index is -0.836. The molecule has 3 aromatic rings. The van der Waals surface area contributed by atoms with Crippen LogP contribution < -0.4 is 4.90 Å². The van der Waals surface area contributed by atoms with Crippen LogP contribution in [0.15, 0.2) is 71.6 Å². The first-order chi connectivity index (χ1) is 14.9. The van der Waals surface area contributed by atoms with E-state index < -0.39 is 23.4 Å². The average Bonchev–Trinajstić information content (AvgIpc) is 3.00. The van der Waals surface area contributed by atoms with Crippen LogP contribution >= 0.6 is 11.8 Å². The molecule has 0 saturated carbocycles. The molecule has 1 aliphatic rings. The van der Waals surface area contributed by atoms with Crippen LogP contribution in [0.2, 0.25) is 0 Å². The van der Waals surface area contributed by atoms with Gasteiger partial charge in [-0.3, -0.25) is 9.59 Å². The lowest BCUT2D eigenvalue weighted by Crippen LogP contribution is -2.32. The number of amides is 2. The van der Waals surface area contributed by atoms with Gasteiger partial charge in [0.1, 0.15) is 11.6 Å². The first-order valence-corrected chi connectivity index (χ1v) is 10.7. The minimum Gasteiger partial charge on any atom is -0.268 e. The molecule has 4 rings (SSSR count). The van der Waals surface area contributed by atoms with Crippen LogP contribution in [0.3, 0.4) is 0 Å². The highest BCUT2D eigenvalue weighted by molar-refractivity contribution is 8.03. The fraction of sp³-hybridized carbons (Fsp3) is 0.120. The number of benzene rings is 3. The van der Waals surface area contributed by atoms with Gasteiger partial charge in [0.05, 0.1) is 16.2 Å². The Bertz CT molecular complexity index is 1220. The Morgan fingerprint density at radius 2 is 1.58 bits per heavy atom. The van der Waals surface area contributed by atoms with Crippen LogP contribution in [0.4, 0.5) is 14.5 Å². The van der Waals surface area contributed by atoms with E-state index in [1.165, 1.54) is 11.8 Å². The highest BCUT2D eigenvalue weighted by Crippen LogP contribution is 2.40. The van der Waals surface area contributed by atoms with E-state index in [1.54, 1.807) is 6.07 Å². The lowest BCUT2D eigenvalue weighted by atomic mass is 10.0. The predicted molar refractivity (Wildman–Crippen MR) is 119 cm³/mol. The second-order valence-electron chi connectivity index (χ2n) is 7.32. The quantitative estimate of drug-likeness (QED) is 0.476. The predicted octanol–water partition coefficient (Wildman–Crippen LogP) is 5.80. The Kier molecular flexibility index (Phi) is 5.74. The molecule has 0 N–H and O–H groups in total. The van der Waals surface area contributed by atoms with E-state index >= 15 is 0 Å². The largest absolute Gasteiger partial charge is 0.272 e. The first kappa shape index (κ1) is 21.0. The number of aryl methyl sites for hydroxylation is 2. The van der Waals surface area contributed by atoms with Crippen molar-refractivity contribution in [1.82, 2.24) is 0 Å². The summed E-state index contributed by atoms with van der Waals surface area (Å²) in [5, 5.41) is 0. The number of hydrogen-bond donors (Lipinski definition) is 0. The number of rotatable bonds is 5. The van der Waals surface area contributed by atoms with Crippen molar-refractivity contribution in [1.29, 1.82) is 0 Å². The second-order valence-corrected chi connectivity index (χ2v) is 8.30. The normalized spacial score (nSPS) is 14.0. The van der Waals surface area contributed by atoms with Crippen molar-refractivity contribution in [2.24, 2.45) is 0 Å². The van der Waals surface area contributed by atoms with Crippen molar-refractivity contribution >= 4 is 34.8 Å². The summed E-state index contributed by atoms with van der Waals surface area (Å²) >= 11 is 1.22. The molecule has 0 fully saturated rings. The standard InChI is InChI=1S/C25H19F2NO2S/c1-15-8-9-18(12-16(15)2)22-23(31-14-17-6-4-3-5-7-17)25(30)28(24(22)29)21-13-19(26)10-11-20(21)27/h3-13H,14H2,1-2H3. The Balaban J connectivity index is 1.80. The molecule has 3 aromatic carbocycles. The summed E-state index contributed by atoms with van der Waals surface area (Å²) in [5.41, 5.74) is 3.40. The average molecular weight is 435 g/mol. The molecule has 0 spiro atoms. The fourth-order valence-electron chi connectivity index (χ4n) is 3.40. The molecular formula is C25H19F2NO2S. The van der Waals surface area contributed by atoms with Gasteiger partial charge in [0, 0.05) is 11.8 Å². The van der Waals surface area contributed by atoms with Gasteiger partial charge >= 0.3 is 0 Å². The summed E-state index contributed by atoms with van der Waals surface area (Å²) in [4.78, 5) is 27.6. The lowest BCUT2D eigenvalue weighted by Gasteiger charge is -2.16. The Morgan fingerprint density at radius 1 is 0.839 bits per heavy atom. The van der Waals surface area contributed by atoms with Crippen LogP contribution in [-0.4, -0.2) is 11.8 Å². The van der Waals surface area contributed by atoms with E-state index in [-0.39, 0.29) is 16.2 Å². The van der Waals surface area contributed by atoms with E-state index in [9.17, 15) is 18.4 Å². The highest BCUT2D eigenvalue weighted by atomic mass is 32.2. The molecule has 1 aliphatic heterocycles. The van der Waals surface area contributed by atoms with Crippen LogP contribution in [-0.2, 0) is 15.3 Å². The lowest BCUT2D eigenvalue weighted by molar-refractivity contribution is -0.119. The maximum absolute atomic E-state index is 14.5. The summed E-state index contributed by atoms with van der Waals surface area (Å²) in [5.74, 6) is -2.41. The highest BCUT2D eigenvalue weighted by Gasteiger charge is 2.41. The van der Waals surface area contributed by atoms with Gasteiger partial charge in [-0.15, -0.1) is 11.8 Å². The van der Waals surface area contributed by atoms with Gasteiger partial charge in [-0.05, 0) is 48.2 Å².